The molecule has 0 fully saturated rings. The van der Waals surface area contributed by atoms with Crippen molar-refractivity contribution in [3.8, 4) is 0 Å². The summed E-state index contributed by atoms with van der Waals surface area (Å²) in [5.41, 5.74) is 0. The first-order valence-electron chi connectivity index (χ1n) is 5.45. The highest BCUT2D eigenvalue weighted by atomic mass is 15.4. The highest BCUT2D eigenvalue weighted by Crippen LogP contribution is 2.19. The van der Waals surface area contributed by atoms with Gasteiger partial charge in [-0.15, -0.1) is 0 Å². The second kappa shape index (κ2) is 5.15. The van der Waals surface area contributed by atoms with E-state index in [0.717, 1.165) is 0 Å². The van der Waals surface area contributed by atoms with E-state index in [4.69, 9.17) is 0 Å². The molecule has 1 unspecified atom stereocenters. The predicted molar refractivity (Wildman–Crippen MR) is 57.2 cm³/mol. The average Bonchev–Trinajstić information content (AvgIpc) is 2.45. The lowest BCUT2D eigenvalue weighted by Gasteiger charge is -2.30. The predicted octanol–water partition coefficient (Wildman–Crippen LogP) is 2.63. The van der Waals surface area contributed by atoms with Crippen LogP contribution in [0.1, 0.15) is 39.5 Å². The molecule has 2 nitrogen and oxygen atoms in total. The van der Waals surface area contributed by atoms with Crippen molar-refractivity contribution in [3.05, 3.63) is 12.4 Å². The van der Waals surface area contributed by atoms with E-state index in [1.165, 1.54) is 32.2 Å². The zero-order chi connectivity index (χ0) is 9.68. The number of hydrogen-bond donors (Lipinski definition) is 0. The van der Waals surface area contributed by atoms with Crippen LogP contribution in [0.3, 0.4) is 0 Å². The van der Waals surface area contributed by atoms with Gasteiger partial charge in [-0.2, -0.15) is 0 Å². The smallest absolute Gasteiger partial charge is 0.100 e. The maximum absolute atomic E-state index is 2.45. The van der Waals surface area contributed by atoms with E-state index in [9.17, 15) is 0 Å². The number of unbranched alkanes of at least 4 members (excludes halogenated alkanes) is 1. The second-order valence-electron chi connectivity index (χ2n) is 3.82. The summed E-state index contributed by atoms with van der Waals surface area (Å²) in [5, 5.41) is 0. The van der Waals surface area contributed by atoms with Crippen molar-refractivity contribution >= 4 is 0 Å². The van der Waals surface area contributed by atoms with Crippen LogP contribution in [0.4, 0.5) is 0 Å². The van der Waals surface area contributed by atoms with Gasteiger partial charge < -0.3 is 9.80 Å². The Bertz CT molecular complexity index is 165. The molecule has 1 rings (SSSR count). The van der Waals surface area contributed by atoms with Gasteiger partial charge in [0.25, 0.3) is 0 Å². The molecule has 0 aromatic carbocycles. The van der Waals surface area contributed by atoms with Crippen LogP contribution >= 0.6 is 0 Å². The monoisotopic (exact) mass is 182 g/mol. The number of nitrogens with zero attached hydrogens (tertiary/aromatic N) is 2. The minimum atomic E-state index is 0.625. The average molecular weight is 182 g/mol. The van der Waals surface area contributed by atoms with Crippen LogP contribution in [0.15, 0.2) is 12.4 Å². The number of rotatable bonds is 5. The Hall–Kier alpha value is -0.660. The van der Waals surface area contributed by atoms with Gasteiger partial charge in [-0.25, -0.2) is 0 Å². The van der Waals surface area contributed by atoms with Gasteiger partial charge in [-0.1, -0.05) is 20.3 Å². The van der Waals surface area contributed by atoms with Crippen molar-refractivity contribution in [1.82, 2.24) is 9.80 Å². The van der Waals surface area contributed by atoms with E-state index >= 15 is 0 Å². The zero-order valence-corrected chi connectivity index (χ0v) is 9.16. The fourth-order valence-corrected chi connectivity index (χ4v) is 1.86. The summed E-state index contributed by atoms with van der Waals surface area (Å²) in [5.74, 6) is 0. The fourth-order valence-electron chi connectivity index (χ4n) is 1.86. The highest BCUT2D eigenvalue weighted by Gasteiger charge is 2.21. The van der Waals surface area contributed by atoms with Crippen LogP contribution in [0.25, 0.3) is 0 Å². The minimum absolute atomic E-state index is 0.625. The Labute approximate surface area is 82.2 Å². The van der Waals surface area contributed by atoms with Crippen molar-refractivity contribution in [1.29, 1.82) is 0 Å². The van der Waals surface area contributed by atoms with E-state index in [1.807, 2.05) is 0 Å². The molecule has 13 heavy (non-hydrogen) atoms. The van der Waals surface area contributed by atoms with Gasteiger partial charge in [-0.05, 0) is 19.3 Å². The molecule has 0 aliphatic carbocycles. The van der Waals surface area contributed by atoms with Crippen molar-refractivity contribution in [2.45, 2.75) is 45.7 Å². The van der Waals surface area contributed by atoms with Crippen LogP contribution in [0.5, 0.6) is 0 Å². The molecule has 0 aromatic heterocycles. The third kappa shape index (κ3) is 2.64. The van der Waals surface area contributed by atoms with Crippen LogP contribution in [0, 0.1) is 0 Å². The van der Waals surface area contributed by atoms with Crippen LogP contribution in [-0.4, -0.2) is 29.6 Å². The standard InChI is InChI=1S/C11H22N2/c1-4-6-7-11-12(3)9-10-13(11)8-5-2/h9-11H,4-8H2,1-3H3. The summed E-state index contributed by atoms with van der Waals surface area (Å²) < 4.78 is 0. The molecule has 1 heterocycles. The summed E-state index contributed by atoms with van der Waals surface area (Å²) in [6.07, 6.45) is 10.2. The van der Waals surface area contributed by atoms with Crippen molar-refractivity contribution < 1.29 is 0 Å². The Morgan fingerprint density at radius 1 is 1.15 bits per heavy atom. The summed E-state index contributed by atoms with van der Waals surface area (Å²) >= 11 is 0. The van der Waals surface area contributed by atoms with Crippen LogP contribution < -0.4 is 0 Å². The van der Waals surface area contributed by atoms with Gasteiger partial charge in [0.05, 0.1) is 0 Å². The molecule has 0 radical (unpaired) electrons. The Morgan fingerprint density at radius 3 is 2.54 bits per heavy atom. The SMILES string of the molecule is CCCCC1N(C)C=CN1CCC. The van der Waals surface area contributed by atoms with Gasteiger partial charge >= 0.3 is 0 Å². The molecule has 0 saturated heterocycles. The van der Waals surface area contributed by atoms with Gasteiger partial charge in [0, 0.05) is 26.0 Å². The topological polar surface area (TPSA) is 6.48 Å². The first-order chi connectivity index (χ1) is 6.29. The molecule has 0 bridgehead atoms. The van der Waals surface area contributed by atoms with Gasteiger partial charge in [0.1, 0.15) is 6.17 Å². The molecule has 0 amide bonds. The molecule has 76 valence electrons. The Morgan fingerprint density at radius 2 is 1.92 bits per heavy atom. The molecule has 0 N–H and O–H groups in total. The Balaban J connectivity index is 2.39. The molecular weight excluding hydrogens is 160 g/mol. The van der Waals surface area contributed by atoms with E-state index in [-0.39, 0.29) is 0 Å². The van der Waals surface area contributed by atoms with E-state index < -0.39 is 0 Å². The molecular formula is C11H22N2. The largest absolute Gasteiger partial charge is 0.359 e. The normalized spacial score (nSPS) is 21.6. The third-order valence-electron chi connectivity index (χ3n) is 2.64. The zero-order valence-electron chi connectivity index (χ0n) is 9.16. The maximum Gasteiger partial charge on any atom is 0.100 e. The van der Waals surface area contributed by atoms with Gasteiger partial charge in [0.15, 0.2) is 0 Å². The molecule has 2 heteroatoms. The maximum atomic E-state index is 2.45. The van der Waals surface area contributed by atoms with Crippen molar-refractivity contribution in [2.75, 3.05) is 13.6 Å². The minimum Gasteiger partial charge on any atom is -0.359 e. The summed E-state index contributed by atoms with van der Waals surface area (Å²) in [4.78, 5) is 4.78. The Kier molecular flexibility index (Phi) is 4.13. The summed E-state index contributed by atoms with van der Waals surface area (Å²) in [6.45, 7) is 5.69. The highest BCUT2D eigenvalue weighted by molar-refractivity contribution is 4.95. The first kappa shape index (κ1) is 10.4. The quantitative estimate of drug-likeness (QED) is 0.645. The van der Waals surface area contributed by atoms with E-state index in [2.05, 4.69) is 43.1 Å². The van der Waals surface area contributed by atoms with Gasteiger partial charge in [-0.3, -0.25) is 0 Å². The van der Waals surface area contributed by atoms with Crippen LogP contribution in [0.2, 0.25) is 0 Å². The lowest BCUT2D eigenvalue weighted by molar-refractivity contribution is 0.162. The molecule has 1 atom stereocenters. The third-order valence-corrected chi connectivity index (χ3v) is 2.64. The summed E-state index contributed by atoms with van der Waals surface area (Å²) in [7, 11) is 2.17. The molecule has 1 aliphatic rings. The molecule has 0 aromatic rings. The fraction of sp³-hybridized carbons (Fsp3) is 0.818. The molecule has 1 aliphatic heterocycles. The van der Waals surface area contributed by atoms with Gasteiger partial charge in [0.2, 0.25) is 0 Å². The van der Waals surface area contributed by atoms with Crippen molar-refractivity contribution in [3.63, 3.8) is 0 Å². The first-order valence-corrected chi connectivity index (χ1v) is 5.45. The van der Waals surface area contributed by atoms with E-state index in [1.54, 1.807) is 0 Å². The van der Waals surface area contributed by atoms with E-state index in [0.29, 0.717) is 6.17 Å². The van der Waals surface area contributed by atoms with Crippen LogP contribution in [-0.2, 0) is 0 Å². The second-order valence-corrected chi connectivity index (χ2v) is 3.82. The summed E-state index contributed by atoms with van der Waals surface area (Å²) in [6, 6.07) is 0. The molecule has 0 spiro atoms. The lowest BCUT2D eigenvalue weighted by Crippen LogP contribution is -2.36. The van der Waals surface area contributed by atoms with Crippen molar-refractivity contribution in [2.24, 2.45) is 0 Å². The lowest BCUT2D eigenvalue weighted by atomic mass is 10.2. The molecule has 0 saturated carbocycles. The number of hydrogen-bond acceptors (Lipinski definition) is 2.